The first-order valence-corrected chi connectivity index (χ1v) is 7.06. The van der Waals surface area contributed by atoms with Gasteiger partial charge in [0.15, 0.2) is 0 Å². The molecule has 2 fully saturated rings. The van der Waals surface area contributed by atoms with Gasteiger partial charge in [-0.15, -0.1) is 11.6 Å². The van der Waals surface area contributed by atoms with Crippen LogP contribution in [0.1, 0.15) is 59.3 Å². The second kappa shape index (κ2) is 4.05. The van der Waals surface area contributed by atoms with Crippen molar-refractivity contribution >= 4 is 11.6 Å². The molecule has 1 heteroatoms. The van der Waals surface area contributed by atoms with Gasteiger partial charge < -0.3 is 0 Å². The van der Waals surface area contributed by atoms with Gasteiger partial charge >= 0.3 is 0 Å². The number of fused-ring (bicyclic) bond motifs is 1. The molecule has 0 heterocycles. The quantitative estimate of drug-likeness (QED) is 0.405. The molecule has 0 unspecified atom stereocenters. The highest BCUT2D eigenvalue weighted by Gasteiger charge is 2.45. The molecule has 0 N–H and O–H groups in total. The summed E-state index contributed by atoms with van der Waals surface area (Å²) < 4.78 is 0. The molecule has 2 aliphatic carbocycles. The summed E-state index contributed by atoms with van der Waals surface area (Å²) in [6.45, 7) is 11.4. The van der Waals surface area contributed by atoms with Crippen LogP contribution in [0.3, 0.4) is 0 Å². The van der Waals surface area contributed by atoms with E-state index in [-0.39, 0.29) is 4.87 Å². The lowest BCUT2D eigenvalue weighted by Gasteiger charge is -2.46. The summed E-state index contributed by atoms with van der Waals surface area (Å²) in [5.41, 5.74) is 1.95. The van der Waals surface area contributed by atoms with E-state index in [1.54, 1.807) is 0 Å². The second-order valence-corrected chi connectivity index (χ2v) is 7.78. The molecule has 16 heavy (non-hydrogen) atoms. The third kappa shape index (κ3) is 2.32. The zero-order chi connectivity index (χ0) is 12.0. The van der Waals surface area contributed by atoms with Gasteiger partial charge in [0.05, 0.1) is 0 Å². The van der Waals surface area contributed by atoms with Crippen molar-refractivity contribution in [1.29, 1.82) is 0 Å². The van der Waals surface area contributed by atoms with Crippen LogP contribution in [0.25, 0.3) is 0 Å². The Labute approximate surface area is 105 Å². The Morgan fingerprint density at radius 2 is 1.94 bits per heavy atom. The molecule has 0 aromatic heterocycles. The Balaban J connectivity index is 2.27. The number of allylic oxidation sites excluding steroid dienone is 1. The zero-order valence-electron chi connectivity index (χ0n) is 11.0. The normalized spacial score (nSPS) is 43.6. The van der Waals surface area contributed by atoms with Gasteiger partial charge in [-0.2, -0.15) is 0 Å². The number of hydrogen-bond acceptors (Lipinski definition) is 0. The lowest BCUT2D eigenvalue weighted by Crippen LogP contribution is -2.40. The lowest BCUT2D eigenvalue weighted by atomic mass is 9.61. The van der Waals surface area contributed by atoms with Crippen molar-refractivity contribution in [1.82, 2.24) is 0 Å². The summed E-state index contributed by atoms with van der Waals surface area (Å²) in [5.74, 6) is 1.49. The van der Waals surface area contributed by atoms with Gasteiger partial charge in [-0.3, -0.25) is 0 Å². The van der Waals surface area contributed by atoms with E-state index in [4.69, 9.17) is 11.6 Å². The van der Waals surface area contributed by atoms with E-state index in [1.165, 1.54) is 37.7 Å². The van der Waals surface area contributed by atoms with Crippen LogP contribution in [-0.4, -0.2) is 4.87 Å². The highest BCUT2D eigenvalue weighted by molar-refractivity contribution is 6.23. The molecule has 3 atom stereocenters. The molecular formula is C15H25Cl. The van der Waals surface area contributed by atoms with Crippen molar-refractivity contribution in [2.45, 2.75) is 64.2 Å². The summed E-state index contributed by atoms with van der Waals surface area (Å²) in [4.78, 5) is 0.0308. The van der Waals surface area contributed by atoms with Gasteiger partial charge in [-0.25, -0.2) is 0 Å². The molecule has 0 radical (unpaired) electrons. The van der Waals surface area contributed by atoms with Gasteiger partial charge in [0, 0.05) is 4.87 Å². The van der Waals surface area contributed by atoms with E-state index in [2.05, 4.69) is 27.4 Å². The highest BCUT2D eigenvalue weighted by Crippen LogP contribution is 2.54. The van der Waals surface area contributed by atoms with Crippen molar-refractivity contribution in [3.05, 3.63) is 12.2 Å². The maximum atomic E-state index is 6.59. The van der Waals surface area contributed by atoms with Crippen molar-refractivity contribution < 1.29 is 0 Å². The van der Waals surface area contributed by atoms with E-state index in [0.717, 1.165) is 18.3 Å². The SMILES string of the molecule is C=C1CCCC(C)(C)[C@H]2C[C@](C)(Cl)CC[C@H]12. The first-order valence-electron chi connectivity index (χ1n) is 6.68. The Bertz CT molecular complexity index is 288. The fourth-order valence-electron chi connectivity index (χ4n) is 3.81. The highest BCUT2D eigenvalue weighted by atomic mass is 35.5. The minimum absolute atomic E-state index is 0.0308. The predicted octanol–water partition coefficient (Wildman–Crippen LogP) is 5.17. The van der Waals surface area contributed by atoms with Crippen LogP contribution >= 0.6 is 11.6 Å². The smallest absolute Gasteiger partial charge is 0.0422 e. The molecule has 0 saturated heterocycles. The molecule has 2 saturated carbocycles. The Morgan fingerprint density at radius 1 is 1.25 bits per heavy atom. The number of alkyl halides is 1. The molecule has 0 aromatic carbocycles. The Kier molecular flexibility index (Phi) is 3.16. The summed E-state index contributed by atoms with van der Waals surface area (Å²) in [6.07, 6.45) is 7.48. The molecule has 0 spiro atoms. The van der Waals surface area contributed by atoms with Crippen LogP contribution in [0.4, 0.5) is 0 Å². The summed E-state index contributed by atoms with van der Waals surface area (Å²) in [5, 5.41) is 0. The predicted molar refractivity (Wildman–Crippen MR) is 71.9 cm³/mol. The lowest BCUT2D eigenvalue weighted by molar-refractivity contribution is 0.0961. The fraction of sp³-hybridized carbons (Fsp3) is 0.867. The third-order valence-electron chi connectivity index (χ3n) is 4.95. The van der Waals surface area contributed by atoms with Gasteiger partial charge in [0.25, 0.3) is 0 Å². The largest absolute Gasteiger partial charge is 0.120 e. The van der Waals surface area contributed by atoms with Crippen LogP contribution in [0.15, 0.2) is 12.2 Å². The van der Waals surface area contributed by atoms with Crippen LogP contribution < -0.4 is 0 Å². The molecular weight excluding hydrogens is 216 g/mol. The maximum Gasteiger partial charge on any atom is 0.0422 e. The molecule has 0 amide bonds. The van der Waals surface area contributed by atoms with Gasteiger partial charge in [-0.1, -0.05) is 26.0 Å². The van der Waals surface area contributed by atoms with E-state index in [1.807, 2.05) is 0 Å². The maximum absolute atomic E-state index is 6.59. The minimum Gasteiger partial charge on any atom is -0.120 e. The van der Waals surface area contributed by atoms with Crippen LogP contribution in [0.2, 0.25) is 0 Å². The summed E-state index contributed by atoms with van der Waals surface area (Å²) in [7, 11) is 0. The average Bonchev–Trinajstić information content (AvgIpc) is 2.24. The first-order chi connectivity index (χ1) is 7.32. The van der Waals surface area contributed by atoms with Crippen molar-refractivity contribution in [2.24, 2.45) is 17.3 Å². The van der Waals surface area contributed by atoms with Crippen LogP contribution in [0, 0.1) is 17.3 Å². The standard InChI is InChI=1S/C15H25Cl/c1-11-6-5-8-14(2,3)13-10-15(4,16)9-7-12(11)13/h12-13H,1,5-10H2,2-4H3/t12-,13+,15-/m1/s1. The molecule has 2 rings (SSSR count). The van der Waals surface area contributed by atoms with E-state index >= 15 is 0 Å². The van der Waals surface area contributed by atoms with E-state index in [9.17, 15) is 0 Å². The number of rotatable bonds is 0. The summed E-state index contributed by atoms with van der Waals surface area (Å²) >= 11 is 6.59. The third-order valence-corrected chi connectivity index (χ3v) is 5.30. The molecule has 0 aromatic rings. The number of halogens is 1. The molecule has 0 nitrogen and oxygen atoms in total. The monoisotopic (exact) mass is 240 g/mol. The molecule has 92 valence electrons. The fourth-order valence-corrected chi connectivity index (χ4v) is 4.09. The molecule has 2 aliphatic rings. The first kappa shape index (κ1) is 12.5. The number of hydrogen-bond donors (Lipinski definition) is 0. The van der Waals surface area contributed by atoms with Crippen molar-refractivity contribution in [3.63, 3.8) is 0 Å². The Morgan fingerprint density at radius 3 is 2.62 bits per heavy atom. The van der Waals surface area contributed by atoms with Gasteiger partial charge in [0.1, 0.15) is 0 Å². The van der Waals surface area contributed by atoms with E-state index in [0.29, 0.717) is 5.41 Å². The molecule has 0 bridgehead atoms. The topological polar surface area (TPSA) is 0 Å². The zero-order valence-corrected chi connectivity index (χ0v) is 11.7. The van der Waals surface area contributed by atoms with Crippen molar-refractivity contribution in [2.75, 3.05) is 0 Å². The summed E-state index contributed by atoms with van der Waals surface area (Å²) in [6, 6.07) is 0. The Hall–Kier alpha value is 0.0300. The minimum atomic E-state index is 0.0308. The molecule has 0 aliphatic heterocycles. The van der Waals surface area contributed by atoms with E-state index < -0.39 is 0 Å². The van der Waals surface area contributed by atoms with Gasteiger partial charge in [0.2, 0.25) is 0 Å². The van der Waals surface area contributed by atoms with Crippen LogP contribution in [0.5, 0.6) is 0 Å². The van der Waals surface area contributed by atoms with Crippen LogP contribution in [-0.2, 0) is 0 Å². The van der Waals surface area contributed by atoms with Crippen molar-refractivity contribution in [3.8, 4) is 0 Å². The second-order valence-electron chi connectivity index (χ2n) is 6.87. The average molecular weight is 241 g/mol. The van der Waals surface area contributed by atoms with Gasteiger partial charge in [-0.05, 0) is 62.7 Å².